The average molecular weight is 209 g/mol. The van der Waals surface area contributed by atoms with E-state index >= 15 is 0 Å². The van der Waals surface area contributed by atoms with Crippen molar-refractivity contribution in [2.24, 2.45) is 5.92 Å². The summed E-state index contributed by atoms with van der Waals surface area (Å²) in [5.74, 6) is 1.00. The van der Waals surface area contributed by atoms with Crippen LogP contribution in [0.25, 0.3) is 0 Å². The zero-order valence-electron chi connectivity index (χ0n) is 9.63. The highest BCUT2D eigenvalue weighted by atomic mass is 16.5. The molecule has 0 amide bonds. The molecule has 86 valence electrons. The Bertz CT molecular complexity index is 219. The molecule has 3 fully saturated rings. The molecule has 15 heavy (non-hydrogen) atoms. The van der Waals surface area contributed by atoms with Crippen LogP contribution in [-0.2, 0) is 4.74 Å². The number of hydrogen-bond donors (Lipinski definition) is 1. The van der Waals surface area contributed by atoms with Crippen molar-refractivity contribution >= 4 is 0 Å². The molecule has 1 unspecified atom stereocenters. The van der Waals surface area contributed by atoms with Gasteiger partial charge in [-0.1, -0.05) is 32.1 Å². The summed E-state index contributed by atoms with van der Waals surface area (Å²) in [7, 11) is 0. The highest BCUT2D eigenvalue weighted by Gasteiger charge is 2.45. The largest absolute Gasteiger partial charge is 0.372 e. The molecule has 3 aliphatic rings. The highest BCUT2D eigenvalue weighted by Crippen LogP contribution is 2.42. The number of hydrogen-bond acceptors (Lipinski definition) is 2. The fourth-order valence-corrected chi connectivity index (χ4v) is 3.60. The van der Waals surface area contributed by atoms with Crippen molar-refractivity contribution in [3.8, 4) is 0 Å². The molecule has 1 N–H and O–H groups in total. The molecular weight excluding hydrogens is 186 g/mol. The third-order valence-electron chi connectivity index (χ3n) is 4.76. The summed E-state index contributed by atoms with van der Waals surface area (Å²) < 4.78 is 6.15. The first-order valence-electron chi connectivity index (χ1n) is 6.76. The average Bonchev–Trinajstić information content (AvgIpc) is 2.63. The summed E-state index contributed by atoms with van der Waals surface area (Å²) in [6, 6.07) is 0.666. The van der Waals surface area contributed by atoms with Crippen molar-refractivity contribution in [3.05, 3.63) is 0 Å². The number of nitrogens with one attached hydrogen (secondary N) is 1. The van der Waals surface area contributed by atoms with E-state index in [1.165, 1.54) is 51.4 Å². The summed E-state index contributed by atoms with van der Waals surface area (Å²) in [4.78, 5) is 0. The van der Waals surface area contributed by atoms with Crippen molar-refractivity contribution in [1.29, 1.82) is 0 Å². The van der Waals surface area contributed by atoms with Gasteiger partial charge in [0.25, 0.3) is 0 Å². The van der Waals surface area contributed by atoms with Gasteiger partial charge in [-0.15, -0.1) is 0 Å². The molecular formula is C13H23NO. The molecule has 2 heteroatoms. The van der Waals surface area contributed by atoms with Crippen molar-refractivity contribution in [1.82, 2.24) is 5.32 Å². The normalized spacial score (nSPS) is 35.6. The van der Waals surface area contributed by atoms with Crippen molar-refractivity contribution in [2.45, 2.75) is 63.0 Å². The minimum absolute atomic E-state index is 0.244. The first kappa shape index (κ1) is 10.1. The van der Waals surface area contributed by atoms with E-state index < -0.39 is 0 Å². The van der Waals surface area contributed by atoms with Crippen LogP contribution in [0.2, 0.25) is 0 Å². The first-order chi connectivity index (χ1) is 7.39. The predicted octanol–water partition coefficient (Wildman–Crippen LogP) is 2.48. The molecule has 2 aliphatic carbocycles. The van der Waals surface area contributed by atoms with E-state index in [4.69, 9.17) is 4.74 Å². The minimum atomic E-state index is 0.244. The van der Waals surface area contributed by atoms with Crippen LogP contribution in [0.15, 0.2) is 0 Å². The topological polar surface area (TPSA) is 21.3 Å². The van der Waals surface area contributed by atoms with Gasteiger partial charge in [0, 0.05) is 12.6 Å². The van der Waals surface area contributed by atoms with Crippen molar-refractivity contribution in [2.75, 3.05) is 13.2 Å². The van der Waals surface area contributed by atoms with Crippen LogP contribution in [0.5, 0.6) is 0 Å². The number of morpholine rings is 1. The first-order valence-corrected chi connectivity index (χ1v) is 6.76. The van der Waals surface area contributed by atoms with Crippen LogP contribution in [0.1, 0.15) is 51.4 Å². The van der Waals surface area contributed by atoms with Crippen LogP contribution < -0.4 is 5.32 Å². The van der Waals surface area contributed by atoms with E-state index in [-0.39, 0.29) is 5.60 Å². The highest BCUT2D eigenvalue weighted by molar-refractivity contribution is 5.00. The maximum absolute atomic E-state index is 6.15. The van der Waals surface area contributed by atoms with Gasteiger partial charge in [0.05, 0.1) is 12.2 Å². The number of ether oxygens (including phenoxy) is 1. The molecule has 3 rings (SSSR count). The second-order valence-corrected chi connectivity index (χ2v) is 5.66. The Morgan fingerprint density at radius 1 is 1.13 bits per heavy atom. The summed E-state index contributed by atoms with van der Waals surface area (Å²) >= 11 is 0. The van der Waals surface area contributed by atoms with Gasteiger partial charge in [-0.3, -0.25) is 0 Å². The van der Waals surface area contributed by atoms with Gasteiger partial charge in [-0.05, 0) is 25.2 Å². The molecule has 1 atom stereocenters. The molecule has 0 aromatic heterocycles. The quantitative estimate of drug-likeness (QED) is 0.754. The summed E-state index contributed by atoms with van der Waals surface area (Å²) in [6.45, 7) is 2.00. The fourth-order valence-electron chi connectivity index (χ4n) is 3.60. The smallest absolute Gasteiger partial charge is 0.0835 e. The van der Waals surface area contributed by atoms with E-state index in [2.05, 4.69) is 5.32 Å². The van der Waals surface area contributed by atoms with Gasteiger partial charge in [0.2, 0.25) is 0 Å². The summed E-state index contributed by atoms with van der Waals surface area (Å²) in [5, 5.41) is 3.73. The molecule has 2 nitrogen and oxygen atoms in total. The SMILES string of the molecule is C1CC(CC2NCCOC23CCCC3)C1. The fraction of sp³-hybridized carbons (Fsp3) is 1.00. The van der Waals surface area contributed by atoms with Gasteiger partial charge in [0.1, 0.15) is 0 Å². The minimum Gasteiger partial charge on any atom is -0.372 e. The number of rotatable bonds is 2. The van der Waals surface area contributed by atoms with Crippen LogP contribution in [0.4, 0.5) is 0 Å². The Hall–Kier alpha value is -0.0800. The second kappa shape index (κ2) is 4.06. The van der Waals surface area contributed by atoms with Gasteiger partial charge in [0.15, 0.2) is 0 Å². The third kappa shape index (κ3) is 1.83. The van der Waals surface area contributed by atoms with E-state index in [0.717, 1.165) is 19.1 Å². The van der Waals surface area contributed by atoms with Gasteiger partial charge in [-0.25, -0.2) is 0 Å². The maximum atomic E-state index is 6.15. The van der Waals surface area contributed by atoms with Crippen LogP contribution in [0, 0.1) is 5.92 Å². The van der Waals surface area contributed by atoms with Crippen LogP contribution in [-0.4, -0.2) is 24.8 Å². The van der Waals surface area contributed by atoms with Gasteiger partial charge in [-0.2, -0.15) is 0 Å². The molecule has 1 aliphatic heterocycles. The van der Waals surface area contributed by atoms with Crippen molar-refractivity contribution in [3.63, 3.8) is 0 Å². The van der Waals surface area contributed by atoms with Crippen LogP contribution in [0.3, 0.4) is 0 Å². The van der Waals surface area contributed by atoms with E-state index in [1.54, 1.807) is 0 Å². The van der Waals surface area contributed by atoms with E-state index in [9.17, 15) is 0 Å². The zero-order valence-corrected chi connectivity index (χ0v) is 9.63. The lowest BCUT2D eigenvalue weighted by Crippen LogP contribution is -2.57. The Morgan fingerprint density at radius 3 is 2.60 bits per heavy atom. The third-order valence-corrected chi connectivity index (χ3v) is 4.76. The molecule has 2 saturated carbocycles. The molecule has 0 bridgehead atoms. The van der Waals surface area contributed by atoms with Crippen molar-refractivity contribution < 1.29 is 4.74 Å². The summed E-state index contributed by atoms with van der Waals surface area (Å²) in [5.41, 5.74) is 0.244. The Kier molecular flexibility index (Phi) is 2.73. The molecule has 0 aromatic carbocycles. The Labute approximate surface area is 92.8 Å². The Morgan fingerprint density at radius 2 is 1.93 bits per heavy atom. The van der Waals surface area contributed by atoms with E-state index in [1.807, 2.05) is 0 Å². The molecule has 0 aromatic rings. The lowest BCUT2D eigenvalue weighted by atomic mass is 9.76. The van der Waals surface area contributed by atoms with Gasteiger partial charge >= 0.3 is 0 Å². The predicted molar refractivity (Wildman–Crippen MR) is 60.9 cm³/mol. The molecule has 1 saturated heterocycles. The van der Waals surface area contributed by atoms with E-state index in [0.29, 0.717) is 6.04 Å². The molecule has 1 spiro atoms. The molecule has 0 radical (unpaired) electrons. The molecule has 1 heterocycles. The zero-order chi connectivity index (χ0) is 10.1. The van der Waals surface area contributed by atoms with Gasteiger partial charge < -0.3 is 10.1 Å². The lowest BCUT2D eigenvalue weighted by molar-refractivity contribution is -0.0988. The maximum Gasteiger partial charge on any atom is 0.0835 e. The van der Waals surface area contributed by atoms with Crippen LogP contribution >= 0.6 is 0 Å². The lowest BCUT2D eigenvalue weighted by Gasteiger charge is -2.44. The second-order valence-electron chi connectivity index (χ2n) is 5.66. The standard InChI is InChI=1S/C13H23NO/c1-2-7-13(6-1)12(14-8-9-15-13)10-11-4-3-5-11/h11-12,14H,1-10H2. The monoisotopic (exact) mass is 209 g/mol. The summed E-state index contributed by atoms with van der Waals surface area (Å²) in [6.07, 6.45) is 11.1. The Balaban J connectivity index is 1.66.